The number of amides is 4. The van der Waals surface area contributed by atoms with Gasteiger partial charge in [0.25, 0.3) is 11.8 Å². The number of carbonyl (C=O) groups excluding carboxylic acids is 3. The summed E-state index contributed by atoms with van der Waals surface area (Å²) in [6, 6.07) is 15.6. The molecule has 4 amide bonds. The number of aromatic nitrogens is 1. The van der Waals surface area contributed by atoms with Crippen LogP contribution in [0.4, 0.5) is 4.79 Å². The number of fused-ring (bicyclic) bond motifs is 1. The SMILES string of the molecule is O=C1NC(=O)[C@](CN2Cc3ccc(OCCO)cc3C2=O)(c2ccc(-c3cccnc3)cc2)N1. The van der Waals surface area contributed by atoms with Gasteiger partial charge in [0.15, 0.2) is 5.54 Å². The molecule has 0 radical (unpaired) electrons. The van der Waals surface area contributed by atoms with Crippen molar-refractivity contribution in [2.45, 2.75) is 12.1 Å². The van der Waals surface area contributed by atoms with E-state index in [1.807, 2.05) is 24.3 Å². The maximum absolute atomic E-state index is 13.2. The Bertz CT molecular complexity index is 1260. The maximum Gasteiger partial charge on any atom is 0.322 e. The van der Waals surface area contributed by atoms with Gasteiger partial charge in [-0.2, -0.15) is 0 Å². The molecule has 1 saturated heterocycles. The van der Waals surface area contributed by atoms with Crippen molar-refractivity contribution < 1.29 is 24.2 Å². The Balaban J connectivity index is 1.44. The van der Waals surface area contributed by atoms with Gasteiger partial charge in [-0.05, 0) is 40.5 Å². The van der Waals surface area contributed by atoms with E-state index < -0.39 is 17.5 Å². The lowest BCUT2D eigenvalue weighted by Crippen LogP contribution is -2.52. The molecule has 2 aromatic carbocycles. The minimum atomic E-state index is -1.42. The van der Waals surface area contributed by atoms with E-state index in [0.717, 1.165) is 16.7 Å². The molecule has 0 aliphatic carbocycles. The van der Waals surface area contributed by atoms with Crippen LogP contribution in [-0.2, 0) is 16.9 Å². The fourth-order valence-electron chi connectivity index (χ4n) is 4.39. The number of imide groups is 1. The minimum absolute atomic E-state index is 0.0306. The minimum Gasteiger partial charge on any atom is -0.491 e. The zero-order valence-electron chi connectivity index (χ0n) is 18.2. The molecule has 2 aliphatic rings. The van der Waals surface area contributed by atoms with Crippen LogP contribution in [0.5, 0.6) is 5.75 Å². The number of carbonyl (C=O) groups is 3. The molecule has 1 atom stereocenters. The summed E-state index contributed by atoms with van der Waals surface area (Å²) in [7, 11) is 0. The molecule has 2 aliphatic heterocycles. The van der Waals surface area contributed by atoms with E-state index >= 15 is 0 Å². The van der Waals surface area contributed by atoms with E-state index in [1.165, 1.54) is 0 Å². The topological polar surface area (TPSA) is 121 Å². The van der Waals surface area contributed by atoms with Crippen molar-refractivity contribution in [1.29, 1.82) is 0 Å². The number of pyridine rings is 1. The van der Waals surface area contributed by atoms with E-state index in [0.29, 0.717) is 23.4 Å². The lowest BCUT2D eigenvalue weighted by Gasteiger charge is -2.31. The molecular weight excluding hydrogens is 436 g/mol. The van der Waals surface area contributed by atoms with E-state index in [1.54, 1.807) is 47.6 Å². The number of nitrogens with zero attached hydrogens (tertiary/aromatic N) is 2. The van der Waals surface area contributed by atoms with E-state index in [9.17, 15) is 14.4 Å². The van der Waals surface area contributed by atoms with Gasteiger partial charge >= 0.3 is 6.03 Å². The Morgan fingerprint density at radius 3 is 2.56 bits per heavy atom. The highest BCUT2D eigenvalue weighted by Gasteiger charge is 2.50. The van der Waals surface area contributed by atoms with Gasteiger partial charge in [-0.25, -0.2) is 4.79 Å². The predicted molar refractivity (Wildman–Crippen MR) is 122 cm³/mol. The van der Waals surface area contributed by atoms with Gasteiger partial charge in [0.1, 0.15) is 12.4 Å². The molecule has 3 N–H and O–H groups in total. The summed E-state index contributed by atoms with van der Waals surface area (Å²) in [5.41, 5.74) is 2.26. The second kappa shape index (κ2) is 8.60. The van der Waals surface area contributed by atoms with Gasteiger partial charge in [-0.3, -0.25) is 19.9 Å². The Hall–Kier alpha value is -4.24. The quantitative estimate of drug-likeness (QED) is 0.465. The smallest absolute Gasteiger partial charge is 0.322 e. The summed E-state index contributed by atoms with van der Waals surface area (Å²) in [6.07, 6.45) is 3.44. The van der Waals surface area contributed by atoms with Crippen LogP contribution in [0.25, 0.3) is 11.1 Å². The summed E-state index contributed by atoms with van der Waals surface area (Å²) in [6.45, 7) is 0.263. The average molecular weight is 458 g/mol. The normalized spacial score (nSPS) is 19.1. The Morgan fingerprint density at radius 1 is 1.06 bits per heavy atom. The molecule has 172 valence electrons. The number of rotatable bonds is 7. The van der Waals surface area contributed by atoms with Crippen molar-refractivity contribution in [3.8, 4) is 16.9 Å². The van der Waals surface area contributed by atoms with Gasteiger partial charge in [-0.1, -0.05) is 36.4 Å². The molecule has 3 aromatic rings. The molecule has 1 fully saturated rings. The van der Waals surface area contributed by atoms with Crippen molar-refractivity contribution in [2.75, 3.05) is 19.8 Å². The van der Waals surface area contributed by atoms with Gasteiger partial charge < -0.3 is 20.1 Å². The number of hydrogen-bond donors (Lipinski definition) is 3. The Labute approximate surface area is 195 Å². The van der Waals surface area contributed by atoms with Crippen LogP contribution in [0.3, 0.4) is 0 Å². The lowest BCUT2D eigenvalue weighted by atomic mass is 9.88. The van der Waals surface area contributed by atoms with Gasteiger partial charge in [0.2, 0.25) is 0 Å². The molecule has 1 aromatic heterocycles. The highest BCUT2D eigenvalue weighted by molar-refractivity contribution is 6.08. The highest BCUT2D eigenvalue weighted by Crippen LogP contribution is 2.33. The predicted octanol–water partition coefficient (Wildman–Crippen LogP) is 1.81. The van der Waals surface area contributed by atoms with Crippen LogP contribution >= 0.6 is 0 Å². The van der Waals surface area contributed by atoms with Crippen molar-refractivity contribution >= 4 is 17.8 Å². The van der Waals surface area contributed by atoms with Crippen LogP contribution in [-0.4, -0.2) is 52.6 Å². The molecule has 3 heterocycles. The van der Waals surface area contributed by atoms with Gasteiger partial charge in [0.05, 0.1) is 13.2 Å². The van der Waals surface area contributed by atoms with Crippen molar-refractivity contribution in [3.05, 3.63) is 83.7 Å². The lowest BCUT2D eigenvalue weighted by molar-refractivity contribution is -0.124. The molecule has 5 rings (SSSR count). The van der Waals surface area contributed by atoms with Crippen LogP contribution in [0.15, 0.2) is 67.0 Å². The third kappa shape index (κ3) is 3.75. The van der Waals surface area contributed by atoms with Crippen LogP contribution < -0.4 is 15.4 Å². The molecule has 0 saturated carbocycles. The zero-order valence-corrected chi connectivity index (χ0v) is 18.2. The average Bonchev–Trinajstić information content (AvgIpc) is 3.33. The largest absolute Gasteiger partial charge is 0.491 e. The molecule has 0 unspecified atom stereocenters. The first kappa shape index (κ1) is 21.6. The highest BCUT2D eigenvalue weighted by atomic mass is 16.5. The Morgan fingerprint density at radius 2 is 1.88 bits per heavy atom. The first-order valence-corrected chi connectivity index (χ1v) is 10.8. The van der Waals surface area contributed by atoms with Gasteiger partial charge in [-0.15, -0.1) is 0 Å². The maximum atomic E-state index is 13.2. The number of aliphatic hydroxyl groups excluding tert-OH is 1. The monoisotopic (exact) mass is 458 g/mol. The number of benzene rings is 2. The van der Waals surface area contributed by atoms with Crippen LogP contribution in [0.2, 0.25) is 0 Å². The third-order valence-electron chi connectivity index (χ3n) is 6.06. The molecule has 9 heteroatoms. The summed E-state index contributed by atoms with van der Waals surface area (Å²) >= 11 is 0. The van der Waals surface area contributed by atoms with E-state index in [2.05, 4.69) is 15.6 Å². The van der Waals surface area contributed by atoms with E-state index in [4.69, 9.17) is 9.84 Å². The fraction of sp³-hybridized carbons (Fsp3) is 0.200. The molecule has 9 nitrogen and oxygen atoms in total. The van der Waals surface area contributed by atoms with Crippen molar-refractivity contribution in [2.24, 2.45) is 0 Å². The van der Waals surface area contributed by atoms with Crippen LogP contribution in [0.1, 0.15) is 21.5 Å². The summed E-state index contributed by atoms with van der Waals surface area (Å²) in [4.78, 5) is 44.0. The molecule has 34 heavy (non-hydrogen) atoms. The third-order valence-corrected chi connectivity index (χ3v) is 6.06. The summed E-state index contributed by atoms with van der Waals surface area (Å²) in [5.74, 6) is -0.289. The zero-order chi connectivity index (χ0) is 23.7. The first-order valence-electron chi connectivity index (χ1n) is 10.8. The number of aliphatic hydroxyl groups is 1. The summed E-state index contributed by atoms with van der Waals surface area (Å²) in [5, 5.41) is 14.0. The standard InChI is InChI=1S/C25H22N4O5/c30-10-11-34-20-8-5-18-14-29(22(31)21(18)12-20)15-25(23(32)27-24(33)28-25)19-6-3-16(4-7-19)17-2-1-9-26-13-17/h1-9,12-13,30H,10-11,14-15H2,(H2,27,28,32,33)/t25-/m0/s1. The van der Waals surface area contributed by atoms with E-state index in [-0.39, 0.29) is 25.7 Å². The fourth-order valence-corrected chi connectivity index (χ4v) is 4.39. The molecule has 0 spiro atoms. The number of nitrogens with one attached hydrogen (secondary N) is 2. The number of hydrogen-bond acceptors (Lipinski definition) is 6. The second-order valence-corrected chi connectivity index (χ2v) is 8.18. The Kier molecular flexibility index (Phi) is 5.46. The second-order valence-electron chi connectivity index (χ2n) is 8.18. The number of urea groups is 1. The van der Waals surface area contributed by atoms with Crippen molar-refractivity contribution in [3.63, 3.8) is 0 Å². The van der Waals surface area contributed by atoms with Crippen molar-refractivity contribution in [1.82, 2.24) is 20.5 Å². The first-order chi connectivity index (χ1) is 16.5. The number of ether oxygens (including phenoxy) is 1. The summed E-state index contributed by atoms with van der Waals surface area (Å²) < 4.78 is 5.42. The van der Waals surface area contributed by atoms with Gasteiger partial charge in [0, 0.05) is 24.5 Å². The molecular formula is C25H22N4O5. The molecule has 0 bridgehead atoms. The van der Waals surface area contributed by atoms with Crippen LogP contribution in [0, 0.1) is 0 Å².